The van der Waals surface area contributed by atoms with E-state index in [2.05, 4.69) is 37.9 Å². The maximum absolute atomic E-state index is 15.3. The number of carbonyl (C=O) groups is 2. The van der Waals surface area contributed by atoms with Crippen molar-refractivity contribution in [2.45, 2.75) is 58.9 Å². The van der Waals surface area contributed by atoms with Gasteiger partial charge in [-0.15, -0.1) is 0 Å². The molecule has 2 amide bonds. The van der Waals surface area contributed by atoms with Crippen LogP contribution >= 0.6 is 12.2 Å². The minimum absolute atomic E-state index is 0.0109. The lowest BCUT2D eigenvalue weighted by Gasteiger charge is -2.47. The van der Waals surface area contributed by atoms with Gasteiger partial charge in [-0.05, 0) is 93.2 Å². The third-order valence-electron chi connectivity index (χ3n) is 6.82. The van der Waals surface area contributed by atoms with Crippen molar-refractivity contribution in [1.29, 1.82) is 0 Å². The smallest absolute Gasteiger partial charge is 0.270 e. The van der Waals surface area contributed by atoms with E-state index in [1.165, 1.54) is 17.0 Å². The summed E-state index contributed by atoms with van der Waals surface area (Å²) < 4.78 is 15.3. The van der Waals surface area contributed by atoms with Crippen LogP contribution in [0.3, 0.4) is 0 Å². The van der Waals surface area contributed by atoms with Gasteiger partial charge in [0.15, 0.2) is 5.11 Å². The number of amides is 2. The van der Waals surface area contributed by atoms with Crippen molar-refractivity contribution in [3.05, 3.63) is 64.5 Å². The van der Waals surface area contributed by atoms with Gasteiger partial charge in [-0.2, -0.15) is 0 Å². The zero-order valence-electron chi connectivity index (χ0n) is 20.2. The molecule has 2 aromatic rings. The Morgan fingerprint density at radius 3 is 2.47 bits per heavy atom. The number of nitrogens with one attached hydrogen (secondary N) is 1. The van der Waals surface area contributed by atoms with E-state index in [0.717, 1.165) is 36.2 Å². The zero-order valence-corrected chi connectivity index (χ0v) is 21.1. The number of nitrogens with zero attached hydrogens (tertiary/aromatic N) is 2. The first-order valence-electron chi connectivity index (χ1n) is 11.7. The normalized spacial score (nSPS) is 21.1. The Hall–Kier alpha value is -3.06. The fourth-order valence-corrected chi connectivity index (χ4v) is 5.44. The lowest BCUT2D eigenvalue weighted by molar-refractivity contribution is -0.122. The maximum atomic E-state index is 15.3. The van der Waals surface area contributed by atoms with Gasteiger partial charge in [0.2, 0.25) is 0 Å². The monoisotopic (exact) mass is 479 g/mol. The topological polar surface area (TPSA) is 52.7 Å². The molecule has 0 aliphatic carbocycles. The second kappa shape index (κ2) is 8.95. The van der Waals surface area contributed by atoms with E-state index in [1.807, 2.05) is 19.1 Å². The molecule has 1 unspecified atom stereocenters. The van der Waals surface area contributed by atoms with E-state index < -0.39 is 17.6 Å². The molecule has 2 heterocycles. The van der Waals surface area contributed by atoms with Crippen LogP contribution < -0.4 is 15.1 Å². The predicted octanol–water partition coefficient (Wildman–Crippen LogP) is 5.33. The molecule has 0 bridgehead atoms. The highest BCUT2D eigenvalue weighted by Gasteiger charge is 2.37. The van der Waals surface area contributed by atoms with Crippen molar-refractivity contribution in [3.8, 4) is 0 Å². The molecular formula is C27H30FN3O2S. The molecule has 5 nitrogen and oxygen atoms in total. The minimum atomic E-state index is -0.627. The van der Waals surface area contributed by atoms with Crippen molar-refractivity contribution in [1.82, 2.24) is 5.32 Å². The summed E-state index contributed by atoms with van der Waals surface area (Å²) in [5.74, 6) is -1.46. The van der Waals surface area contributed by atoms with E-state index in [1.54, 1.807) is 18.2 Å². The molecular weight excluding hydrogens is 449 g/mol. The number of anilines is 2. The molecule has 1 atom stereocenters. The SMILES string of the molecule is CCc1ccc(N2C(=O)/C(=C\c3cc4c(cc3F)N(CC)C(C)(C)CC4C)C(=O)NC2=S)cc1. The highest BCUT2D eigenvalue weighted by molar-refractivity contribution is 7.80. The number of halogens is 1. The summed E-state index contributed by atoms with van der Waals surface area (Å²) in [5, 5.41) is 2.58. The molecule has 0 saturated carbocycles. The first-order chi connectivity index (χ1) is 16.1. The number of thiocarbonyl (C=S) groups is 1. The quantitative estimate of drug-likeness (QED) is 0.366. The van der Waals surface area contributed by atoms with Gasteiger partial charge in [0.05, 0.1) is 5.69 Å². The average Bonchev–Trinajstić information content (AvgIpc) is 2.77. The van der Waals surface area contributed by atoms with Crippen molar-refractivity contribution >= 4 is 46.6 Å². The number of carbonyl (C=O) groups excluding carboxylic acids is 2. The Labute approximate surface area is 205 Å². The Kier molecular flexibility index (Phi) is 6.34. The first-order valence-corrected chi connectivity index (χ1v) is 12.1. The predicted molar refractivity (Wildman–Crippen MR) is 139 cm³/mol. The Bertz CT molecular complexity index is 1200. The van der Waals surface area contributed by atoms with E-state index in [4.69, 9.17) is 12.2 Å². The van der Waals surface area contributed by atoms with Gasteiger partial charge in [-0.25, -0.2) is 4.39 Å². The molecule has 2 aliphatic rings. The molecule has 178 valence electrons. The summed E-state index contributed by atoms with van der Waals surface area (Å²) in [7, 11) is 0. The van der Waals surface area contributed by atoms with Crippen LogP contribution in [0.1, 0.15) is 63.6 Å². The number of aryl methyl sites for hydroxylation is 1. The van der Waals surface area contributed by atoms with Crippen molar-refractivity contribution in [2.24, 2.45) is 0 Å². The molecule has 1 saturated heterocycles. The van der Waals surface area contributed by atoms with Crippen LogP contribution in [0.5, 0.6) is 0 Å². The lowest BCUT2D eigenvalue weighted by Crippen LogP contribution is -2.54. The van der Waals surface area contributed by atoms with Crippen molar-refractivity contribution in [2.75, 3.05) is 16.3 Å². The molecule has 0 radical (unpaired) electrons. The average molecular weight is 480 g/mol. The van der Waals surface area contributed by atoms with Crippen LogP contribution in [0.2, 0.25) is 0 Å². The van der Waals surface area contributed by atoms with Gasteiger partial charge in [0, 0.05) is 23.3 Å². The zero-order chi connectivity index (χ0) is 24.8. The number of hydrogen-bond donors (Lipinski definition) is 1. The molecule has 0 aromatic heterocycles. The summed E-state index contributed by atoms with van der Waals surface area (Å²) in [6.45, 7) is 11.3. The van der Waals surface area contributed by atoms with E-state index in [0.29, 0.717) is 5.69 Å². The molecule has 1 N–H and O–H groups in total. The van der Waals surface area contributed by atoms with Crippen molar-refractivity contribution < 1.29 is 14.0 Å². The van der Waals surface area contributed by atoms with Crippen LogP contribution in [0, 0.1) is 5.82 Å². The van der Waals surface area contributed by atoms with Crippen LogP contribution in [0.25, 0.3) is 6.08 Å². The van der Waals surface area contributed by atoms with Gasteiger partial charge in [-0.3, -0.25) is 19.8 Å². The second-order valence-corrected chi connectivity index (χ2v) is 9.96. The number of hydrogen-bond acceptors (Lipinski definition) is 4. The van der Waals surface area contributed by atoms with Gasteiger partial charge >= 0.3 is 0 Å². The summed E-state index contributed by atoms with van der Waals surface area (Å²) in [6, 6.07) is 10.7. The summed E-state index contributed by atoms with van der Waals surface area (Å²) in [6.07, 6.45) is 3.12. The molecule has 2 aromatic carbocycles. The van der Waals surface area contributed by atoms with Gasteiger partial charge < -0.3 is 4.90 Å². The van der Waals surface area contributed by atoms with Gasteiger partial charge in [-0.1, -0.05) is 26.0 Å². The first kappa shape index (κ1) is 24.1. The van der Waals surface area contributed by atoms with Crippen LogP contribution in [0.4, 0.5) is 15.8 Å². The highest BCUT2D eigenvalue weighted by Crippen LogP contribution is 2.44. The Morgan fingerprint density at radius 2 is 1.85 bits per heavy atom. The summed E-state index contributed by atoms with van der Waals surface area (Å²) >= 11 is 5.28. The molecule has 0 spiro atoms. The molecule has 1 fully saturated rings. The highest BCUT2D eigenvalue weighted by atomic mass is 32.1. The van der Waals surface area contributed by atoms with E-state index in [-0.39, 0.29) is 27.7 Å². The molecule has 2 aliphatic heterocycles. The summed E-state index contributed by atoms with van der Waals surface area (Å²) in [4.78, 5) is 29.5. The van der Waals surface area contributed by atoms with Gasteiger partial charge in [0.25, 0.3) is 11.8 Å². The third kappa shape index (κ3) is 4.13. The molecule has 34 heavy (non-hydrogen) atoms. The second-order valence-electron chi connectivity index (χ2n) is 9.57. The lowest BCUT2D eigenvalue weighted by atomic mass is 9.79. The Balaban J connectivity index is 1.75. The largest absolute Gasteiger partial charge is 0.366 e. The number of rotatable bonds is 4. The van der Waals surface area contributed by atoms with Crippen LogP contribution in [-0.2, 0) is 16.0 Å². The third-order valence-corrected chi connectivity index (χ3v) is 7.11. The molecule has 7 heteroatoms. The number of benzene rings is 2. The van der Waals surface area contributed by atoms with Gasteiger partial charge in [0.1, 0.15) is 11.4 Å². The number of fused-ring (bicyclic) bond motifs is 1. The van der Waals surface area contributed by atoms with E-state index in [9.17, 15) is 9.59 Å². The van der Waals surface area contributed by atoms with Crippen LogP contribution in [-0.4, -0.2) is 29.0 Å². The fraction of sp³-hybridized carbons (Fsp3) is 0.370. The van der Waals surface area contributed by atoms with E-state index >= 15 is 4.39 Å². The molecule has 4 rings (SSSR count). The standard InChI is InChI=1S/C27H30FN3O2S/c1-6-17-8-10-19(11-9-17)31-25(33)21(24(32)29-26(31)34)13-18-12-20-16(3)15-27(4,5)30(7-2)23(20)14-22(18)28/h8-14,16H,6-7,15H2,1-5H3,(H,29,32,34)/b21-13-. The van der Waals surface area contributed by atoms with Crippen molar-refractivity contribution in [3.63, 3.8) is 0 Å². The fourth-order valence-electron chi connectivity index (χ4n) is 5.16. The maximum Gasteiger partial charge on any atom is 0.270 e. The minimum Gasteiger partial charge on any atom is -0.366 e. The Morgan fingerprint density at radius 1 is 1.18 bits per heavy atom. The summed E-state index contributed by atoms with van der Waals surface area (Å²) in [5.41, 5.74) is 3.53. The van der Waals surface area contributed by atoms with Crippen LogP contribution in [0.15, 0.2) is 42.0 Å².